The minimum Gasteiger partial charge on any atom is -0.351 e. The van der Waals surface area contributed by atoms with E-state index in [1.807, 2.05) is 0 Å². The molecular formula is C25H37N5O3. The fraction of sp³-hybridized carbons (Fsp3) is 0.680. The average molecular weight is 456 g/mol. The number of hydrogen-bond acceptors (Lipinski definition) is 4. The predicted octanol–water partition coefficient (Wildman–Crippen LogP) is 3.19. The van der Waals surface area contributed by atoms with Crippen molar-refractivity contribution < 1.29 is 14.4 Å². The maximum Gasteiger partial charge on any atom is 0.272 e. The molecule has 3 aliphatic rings. The lowest BCUT2D eigenvalue weighted by Gasteiger charge is -2.41. The second kappa shape index (κ2) is 10.1. The van der Waals surface area contributed by atoms with Gasteiger partial charge in [-0.3, -0.25) is 19.1 Å². The predicted molar refractivity (Wildman–Crippen MR) is 126 cm³/mol. The molecule has 4 rings (SSSR count). The number of hydrogen-bond donors (Lipinski definition) is 2. The van der Waals surface area contributed by atoms with Crippen molar-refractivity contribution in [1.29, 1.82) is 0 Å². The van der Waals surface area contributed by atoms with E-state index in [1.54, 1.807) is 14.0 Å². The second-order valence-corrected chi connectivity index (χ2v) is 9.99. The maximum atomic E-state index is 13.3. The van der Waals surface area contributed by atoms with Gasteiger partial charge >= 0.3 is 0 Å². The fourth-order valence-electron chi connectivity index (χ4n) is 5.16. The number of aromatic nitrogens is 2. The number of allylic oxidation sites excluding steroid dienone is 1. The van der Waals surface area contributed by atoms with E-state index in [2.05, 4.69) is 21.8 Å². The molecule has 8 heteroatoms. The maximum absolute atomic E-state index is 13.3. The molecule has 0 spiro atoms. The second-order valence-electron chi connectivity index (χ2n) is 9.99. The molecule has 33 heavy (non-hydrogen) atoms. The van der Waals surface area contributed by atoms with Crippen molar-refractivity contribution in [3.8, 4) is 0 Å². The SMILES string of the molecule is CN1C(=O)c2cc(C(=O)NCCC3=CCCCC3)nn2CC1(C)C(=O)NC1CCCCCC1. The minimum absolute atomic E-state index is 0.153. The standard InChI is InChI=1S/C25H37N5O3/c1-25(24(33)27-19-12-8-3-4-9-13-19)17-30-21(23(32)29(25)2)16-20(28-30)22(31)26-15-14-18-10-6-5-7-11-18/h10,16,19H,3-9,11-15,17H2,1-2H3,(H,26,31)(H,27,33). The van der Waals surface area contributed by atoms with E-state index in [1.165, 1.54) is 46.9 Å². The lowest BCUT2D eigenvalue weighted by molar-refractivity contribution is -0.133. The van der Waals surface area contributed by atoms with Crippen LogP contribution in [0.5, 0.6) is 0 Å². The summed E-state index contributed by atoms with van der Waals surface area (Å²) in [6, 6.07) is 1.69. The van der Waals surface area contributed by atoms with Crippen molar-refractivity contribution in [2.45, 2.75) is 95.7 Å². The van der Waals surface area contributed by atoms with Gasteiger partial charge in [-0.1, -0.05) is 37.3 Å². The van der Waals surface area contributed by atoms with E-state index in [4.69, 9.17) is 0 Å². The third kappa shape index (κ3) is 5.14. The highest BCUT2D eigenvalue weighted by molar-refractivity contribution is 6.01. The largest absolute Gasteiger partial charge is 0.351 e. The van der Waals surface area contributed by atoms with E-state index in [0.29, 0.717) is 12.2 Å². The van der Waals surface area contributed by atoms with Gasteiger partial charge in [0.25, 0.3) is 11.8 Å². The van der Waals surface area contributed by atoms with Crippen LogP contribution in [0.3, 0.4) is 0 Å². The number of likely N-dealkylation sites (N-methyl/N-ethyl adjacent to an activating group) is 1. The minimum atomic E-state index is -1.05. The Morgan fingerprint density at radius 1 is 1.15 bits per heavy atom. The summed E-state index contributed by atoms with van der Waals surface area (Å²) in [4.78, 5) is 40.5. The first-order valence-corrected chi connectivity index (χ1v) is 12.5. The molecule has 1 saturated carbocycles. The lowest BCUT2D eigenvalue weighted by atomic mass is 9.95. The highest BCUT2D eigenvalue weighted by atomic mass is 16.2. The molecule has 0 radical (unpaired) electrons. The molecule has 8 nitrogen and oxygen atoms in total. The summed E-state index contributed by atoms with van der Waals surface area (Å²) >= 11 is 0. The first-order chi connectivity index (χ1) is 15.9. The molecule has 1 aromatic heterocycles. The van der Waals surface area contributed by atoms with Gasteiger partial charge in [0, 0.05) is 25.7 Å². The summed E-state index contributed by atoms with van der Waals surface area (Å²) in [5.41, 5.74) is 0.914. The zero-order chi connectivity index (χ0) is 23.4. The molecule has 2 N–H and O–H groups in total. The Morgan fingerprint density at radius 2 is 1.91 bits per heavy atom. The Balaban J connectivity index is 1.41. The van der Waals surface area contributed by atoms with Crippen molar-refractivity contribution in [3.63, 3.8) is 0 Å². The number of carbonyl (C=O) groups is 3. The van der Waals surface area contributed by atoms with Crippen molar-refractivity contribution >= 4 is 17.7 Å². The number of nitrogens with one attached hydrogen (secondary N) is 2. The molecular weight excluding hydrogens is 418 g/mol. The van der Waals surface area contributed by atoms with Gasteiger partial charge in [0.2, 0.25) is 5.91 Å². The summed E-state index contributed by atoms with van der Waals surface area (Å²) in [5, 5.41) is 10.5. The van der Waals surface area contributed by atoms with Crippen molar-refractivity contribution in [1.82, 2.24) is 25.3 Å². The summed E-state index contributed by atoms with van der Waals surface area (Å²) in [6.07, 6.45) is 14.4. The Bertz CT molecular complexity index is 928. The Morgan fingerprint density at radius 3 is 2.61 bits per heavy atom. The molecule has 0 aromatic carbocycles. The molecule has 3 amide bonds. The van der Waals surface area contributed by atoms with E-state index < -0.39 is 5.54 Å². The third-order valence-electron chi connectivity index (χ3n) is 7.53. The van der Waals surface area contributed by atoms with Gasteiger partial charge in [-0.15, -0.1) is 0 Å². The smallest absolute Gasteiger partial charge is 0.272 e. The summed E-state index contributed by atoms with van der Waals surface area (Å²) < 4.78 is 1.52. The van der Waals surface area contributed by atoms with Crippen LogP contribution in [0.1, 0.15) is 98.5 Å². The van der Waals surface area contributed by atoms with Gasteiger partial charge in [0.05, 0.1) is 6.54 Å². The van der Waals surface area contributed by atoms with Gasteiger partial charge in [-0.25, -0.2) is 0 Å². The van der Waals surface area contributed by atoms with Crippen LogP contribution in [-0.4, -0.2) is 57.6 Å². The quantitative estimate of drug-likeness (QED) is 0.509. The van der Waals surface area contributed by atoms with E-state index in [0.717, 1.165) is 44.9 Å². The number of rotatable bonds is 6. The van der Waals surface area contributed by atoms with Gasteiger partial charge in [0.1, 0.15) is 11.2 Å². The van der Waals surface area contributed by atoms with Crippen LogP contribution in [0, 0.1) is 0 Å². The highest BCUT2D eigenvalue weighted by Gasteiger charge is 2.46. The fourth-order valence-corrected chi connectivity index (χ4v) is 5.16. The van der Waals surface area contributed by atoms with Crippen LogP contribution < -0.4 is 10.6 Å². The van der Waals surface area contributed by atoms with Crippen molar-refractivity contribution in [3.05, 3.63) is 29.1 Å². The lowest BCUT2D eigenvalue weighted by Crippen LogP contribution is -2.63. The zero-order valence-corrected chi connectivity index (χ0v) is 20.0. The molecule has 1 unspecified atom stereocenters. The van der Waals surface area contributed by atoms with Gasteiger partial charge < -0.3 is 15.5 Å². The van der Waals surface area contributed by atoms with Crippen LogP contribution in [0.15, 0.2) is 17.7 Å². The van der Waals surface area contributed by atoms with Crippen molar-refractivity contribution in [2.24, 2.45) is 0 Å². The van der Waals surface area contributed by atoms with Crippen LogP contribution in [0.25, 0.3) is 0 Å². The highest BCUT2D eigenvalue weighted by Crippen LogP contribution is 2.27. The Labute approximate surface area is 196 Å². The van der Waals surface area contributed by atoms with Crippen LogP contribution in [-0.2, 0) is 11.3 Å². The monoisotopic (exact) mass is 455 g/mol. The van der Waals surface area contributed by atoms with Gasteiger partial charge in [0.15, 0.2) is 5.69 Å². The van der Waals surface area contributed by atoms with Crippen LogP contribution in [0.4, 0.5) is 0 Å². The normalized spacial score (nSPS) is 24.0. The zero-order valence-electron chi connectivity index (χ0n) is 20.0. The first-order valence-electron chi connectivity index (χ1n) is 12.5. The number of fused-ring (bicyclic) bond motifs is 1. The number of amides is 3. The molecule has 0 saturated heterocycles. The first kappa shape index (κ1) is 23.5. The summed E-state index contributed by atoms with van der Waals surface area (Å²) in [5.74, 6) is -0.731. The molecule has 1 atom stereocenters. The molecule has 0 bridgehead atoms. The summed E-state index contributed by atoms with van der Waals surface area (Å²) in [6.45, 7) is 2.56. The molecule has 2 heterocycles. The molecule has 2 aliphatic carbocycles. The molecule has 1 aliphatic heterocycles. The Kier molecular flexibility index (Phi) is 7.20. The van der Waals surface area contributed by atoms with Crippen LogP contribution >= 0.6 is 0 Å². The topological polar surface area (TPSA) is 96.3 Å². The van der Waals surface area contributed by atoms with Gasteiger partial charge in [-0.2, -0.15) is 5.10 Å². The van der Waals surface area contributed by atoms with E-state index >= 15 is 0 Å². The van der Waals surface area contributed by atoms with E-state index in [-0.39, 0.29) is 36.0 Å². The number of carbonyl (C=O) groups excluding carboxylic acids is 3. The van der Waals surface area contributed by atoms with E-state index in [9.17, 15) is 14.4 Å². The average Bonchev–Trinajstić information content (AvgIpc) is 3.06. The molecule has 180 valence electrons. The van der Waals surface area contributed by atoms with Crippen molar-refractivity contribution in [2.75, 3.05) is 13.6 Å². The molecule has 1 fully saturated rings. The molecule has 1 aromatic rings. The summed E-state index contributed by atoms with van der Waals surface area (Å²) in [7, 11) is 1.66. The van der Waals surface area contributed by atoms with Crippen LogP contribution in [0.2, 0.25) is 0 Å². The van der Waals surface area contributed by atoms with Gasteiger partial charge in [-0.05, 0) is 51.9 Å². The third-order valence-corrected chi connectivity index (χ3v) is 7.53. The number of nitrogens with zero attached hydrogens (tertiary/aromatic N) is 3. The Hall–Kier alpha value is -2.64.